The molecule has 2 aromatic carbocycles. The van der Waals surface area contributed by atoms with Crippen molar-refractivity contribution in [3.05, 3.63) is 72.2 Å². The molecule has 0 spiro atoms. The van der Waals surface area contributed by atoms with Crippen molar-refractivity contribution in [3.8, 4) is 11.3 Å². The van der Waals surface area contributed by atoms with E-state index in [1.165, 1.54) is 30.3 Å². The molecule has 0 bridgehead atoms. The summed E-state index contributed by atoms with van der Waals surface area (Å²) in [6.45, 7) is 5.23. The molecule has 0 aliphatic carbocycles. The molecular formula is C21H21FN2O4S. The fourth-order valence-corrected chi connectivity index (χ4v) is 4.09. The summed E-state index contributed by atoms with van der Waals surface area (Å²) >= 11 is 0. The van der Waals surface area contributed by atoms with E-state index in [0.717, 1.165) is 0 Å². The molecule has 1 aromatic heterocycles. The Morgan fingerprint density at radius 2 is 1.69 bits per heavy atom. The monoisotopic (exact) mass is 416 g/mol. The third kappa shape index (κ3) is 5.30. The predicted molar refractivity (Wildman–Crippen MR) is 109 cm³/mol. The largest absolute Gasteiger partial charge is 0.451 e. The van der Waals surface area contributed by atoms with E-state index in [4.69, 9.17) is 4.42 Å². The fraction of sp³-hybridized carbons (Fsp3) is 0.190. The maximum absolute atomic E-state index is 13.0. The summed E-state index contributed by atoms with van der Waals surface area (Å²) < 4.78 is 46.1. The van der Waals surface area contributed by atoms with E-state index in [0.29, 0.717) is 17.0 Å². The second-order valence-electron chi connectivity index (χ2n) is 7.51. The van der Waals surface area contributed by atoms with Crippen molar-refractivity contribution in [2.45, 2.75) is 31.2 Å². The van der Waals surface area contributed by atoms with Crippen LogP contribution in [0.2, 0.25) is 0 Å². The molecule has 3 rings (SSSR count). The van der Waals surface area contributed by atoms with Crippen LogP contribution in [-0.2, 0) is 10.0 Å². The van der Waals surface area contributed by atoms with Crippen LogP contribution in [-0.4, -0.2) is 19.9 Å². The number of amides is 1. The molecule has 1 heterocycles. The van der Waals surface area contributed by atoms with Crippen molar-refractivity contribution < 1.29 is 22.0 Å². The van der Waals surface area contributed by atoms with Crippen LogP contribution in [0.4, 0.5) is 10.1 Å². The molecule has 0 aliphatic rings. The van der Waals surface area contributed by atoms with Crippen LogP contribution in [0.25, 0.3) is 11.3 Å². The molecule has 152 valence electrons. The highest BCUT2D eigenvalue weighted by atomic mass is 32.2. The highest BCUT2D eigenvalue weighted by molar-refractivity contribution is 7.89. The van der Waals surface area contributed by atoms with Gasteiger partial charge in [-0.3, -0.25) is 4.79 Å². The summed E-state index contributed by atoms with van der Waals surface area (Å²) in [5.41, 5.74) is 0.307. The summed E-state index contributed by atoms with van der Waals surface area (Å²) in [4.78, 5) is 12.5. The van der Waals surface area contributed by atoms with Crippen LogP contribution in [0.15, 0.2) is 70.0 Å². The number of hydrogen-bond acceptors (Lipinski definition) is 4. The van der Waals surface area contributed by atoms with Gasteiger partial charge in [0.1, 0.15) is 11.6 Å². The minimum Gasteiger partial charge on any atom is -0.451 e. The van der Waals surface area contributed by atoms with Crippen molar-refractivity contribution in [1.82, 2.24) is 4.72 Å². The second kappa shape index (κ2) is 7.81. The molecule has 29 heavy (non-hydrogen) atoms. The highest BCUT2D eigenvalue weighted by Crippen LogP contribution is 2.24. The molecule has 0 saturated heterocycles. The molecule has 0 aliphatic heterocycles. The first-order valence-electron chi connectivity index (χ1n) is 8.85. The third-order valence-electron chi connectivity index (χ3n) is 3.80. The maximum atomic E-state index is 13.0. The number of rotatable bonds is 5. The molecule has 0 fully saturated rings. The summed E-state index contributed by atoms with van der Waals surface area (Å²) in [6.07, 6.45) is 0. The Morgan fingerprint density at radius 3 is 2.34 bits per heavy atom. The number of hydrogen-bond donors (Lipinski definition) is 2. The van der Waals surface area contributed by atoms with Crippen LogP contribution < -0.4 is 10.0 Å². The number of anilines is 1. The normalized spacial score (nSPS) is 12.0. The first kappa shape index (κ1) is 20.8. The number of furan rings is 1. The van der Waals surface area contributed by atoms with Gasteiger partial charge in [-0.15, -0.1) is 0 Å². The first-order chi connectivity index (χ1) is 13.5. The van der Waals surface area contributed by atoms with Gasteiger partial charge in [-0.2, -0.15) is 0 Å². The van der Waals surface area contributed by atoms with Crippen LogP contribution in [0.5, 0.6) is 0 Å². The number of sulfonamides is 1. The number of halogens is 1. The number of nitrogens with one attached hydrogen (secondary N) is 2. The molecule has 0 saturated carbocycles. The minimum absolute atomic E-state index is 0.0386. The Hall–Kier alpha value is -2.97. The van der Waals surface area contributed by atoms with Crippen molar-refractivity contribution in [1.29, 1.82) is 0 Å². The van der Waals surface area contributed by atoms with Crippen molar-refractivity contribution in [3.63, 3.8) is 0 Å². The standard InChI is InChI=1S/C21H21FN2O4S/c1-21(2,3)24-29(26,27)17-6-4-5-16(13-17)23-20(25)19-12-11-18(28-19)14-7-9-15(22)10-8-14/h4-13,24H,1-3H3,(H,23,25). The van der Waals surface area contributed by atoms with Crippen LogP contribution in [0.1, 0.15) is 31.3 Å². The lowest BCUT2D eigenvalue weighted by molar-refractivity contribution is 0.0997. The maximum Gasteiger partial charge on any atom is 0.291 e. The van der Waals surface area contributed by atoms with Gasteiger partial charge in [-0.1, -0.05) is 6.07 Å². The molecule has 2 N–H and O–H groups in total. The summed E-state index contributed by atoms with van der Waals surface area (Å²) in [5, 5.41) is 2.62. The fourth-order valence-electron chi connectivity index (χ4n) is 2.62. The van der Waals surface area contributed by atoms with Gasteiger partial charge in [0.05, 0.1) is 4.90 Å². The van der Waals surface area contributed by atoms with E-state index in [2.05, 4.69) is 10.0 Å². The topological polar surface area (TPSA) is 88.4 Å². The van der Waals surface area contributed by atoms with Crippen LogP contribution >= 0.6 is 0 Å². The van der Waals surface area contributed by atoms with Gasteiger partial charge in [0.25, 0.3) is 5.91 Å². The molecular weight excluding hydrogens is 395 g/mol. The lowest BCUT2D eigenvalue weighted by Crippen LogP contribution is -2.40. The summed E-state index contributed by atoms with van der Waals surface area (Å²) in [7, 11) is -3.73. The quantitative estimate of drug-likeness (QED) is 0.645. The van der Waals surface area contributed by atoms with E-state index in [9.17, 15) is 17.6 Å². The smallest absolute Gasteiger partial charge is 0.291 e. The molecule has 0 unspecified atom stereocenters. The van der Waals surface area contributed by atoms with Gasteiger partial charge in [0, 0.05) is 16.8 Å². The third-order valence-corrected chi connectivity index (χ3v) is 5.56. The SMILES string of the molecule is CC(C)(C)NS(=O)(=O)c1cccc(NC(=O)c2ccc(-c3ccc(F)cc3)o2)c1. The van der Waals surface area contributed by atoms with Crippen molar-refractivity contribution in [2.75, 3.05) is 5.32 Å². The second-order valence-corrected chi connectivity index (χ2v) is 9.19. The van der Waals surface area contributed by atoms with Crippen LogP contribution in [0.3, 0.4) is 0 Å². The molecule has 0 radical (unpaired) electrons. The van der Waals surface area contributed by atoms with E-state index < -0.39 is 21.5 Å². The Morgan fingerprint density at radius 1 is 1.00 bits per heavy atom. The van der Waals surface area contributed by atoms with E-state index in [1.807, 2.05) is 0 Å². The molecule has 3 aromatic rings. The van der Waals surface area contributed by atoms with Crippen molar-refractivity contribution in [2.24, 2.45) is 0 Å². The van der Waals surface area contributed by atoms with Gasteiger partial charge in [0.15, 0.2) is 5.76 Å². The first-order valence-corrected chi connectivity index (χ1v) is 10.3. The average Bonchev–Trinajstić information content (AvgIpc) is 3.11. The molecule has 6 nitrogen and oxygen atoms in total. The molecule has 0 atom stereocenters. The van der Waals surface area contributed by atoms with Crippen LogP contribution in [0, 0.1) is 5.82 Å². The van der Waals surface area contributed by atoms with Gasteiger partial charge >= 0.3 is 0 Å². The highest BCUT2D eigenvalue weighted by Gasteiger charge is 2.22. The van der Waals surface area contributed by atoms with E-state index >= 15 is 0 Å². The zero-order valence-electron chi connectivity index (χ0n) is 16.2. The zero-order valence-corrected chi connectivity index (χ0v) is 17.0. The van der Waals surface area contributed by atoms with Gasteiger partial charge in [-0.25, -0.2) is 17.5 Å². The lowest BCUT2D eigenvalue weighted by atomic mass is 10.1. The van der Waals surface area contributed by atoms with Gasteiger partial charge < -0.3 is 9.73 Å². The predicted octanol–water partition coefficient (Wildman–Crippen LogP) is 4.41. The zero-order chi connectivity index (χ0) is 21.2. The van der Waals surface area contributed by atoms with E-state index in [1.54, 1.807) is 51.1 Å². The minimum atomic E-state index is -3.73. The number of carbonyl (C=O) groups excluding carboxylic acids is 1. The molecule has 8 heteroatoms. The Kier molecular flexibility index (Phi) is 5.59. The Balaban J connectivity index is 1.77. The van der Waals surface area contributed by atoms with Gasteiger partial charge in [0.2, 0.25) is 10.0 Å². The molecule has 1 amide bonds. The van der Waals surface area contributed by atoms with Gasteiger partial charge in [-0.05, 0) is 75.4 Å². The summed E-state index contributed by atoms with van der Waals surface area (Å²) in [5.74, 6) is -0.433. The van der Waals surface area contributed by atoms with Crippen molar-refractivity contribution >= 4 is 21.6 Å². The Bertz CT molecular complexity index is 1130. The number of carbonyl (C=O) groups is 1. The Labute approximate surface area is 168 Å². The van der Waals surface area contributed by atoms with E-state index in [-0.39, 0.29) is 16.5 Å². The number of benzene rings is 2. The summed E-state index contributed by atoms with van der Waals surface area (Å²) in [6, 6.07) is 14.7. The lowest BCUT2D eigenvalue weighted by Gasteiger charge is -2.20. The average molecular weight is 416 g/mol.